The van der Waals surface area contributed by atoms with E-state index in [0.717, 1.165) is 24.1 Å². The van der Waals surface area contributed by atoms with Crippen molar-refractivity contribution in [3.63, 3.8) is 0 Å². The van der Waals surface area contributed by atoms with Crippen molar-refractivity contribution in [2.24, 2.45) is 5.41 Å². The fourth-order valence-corrected chi connectivity index (χ4v) is 3.61. The molecule has 22 heavy (non-hydrogen) atoms. The lowest BCUT2D eigenvalue weighted by Gasteiger charge is -2.30. The van der Waals surface area contributed by atoms with Crippen LogP contribution in [0.5, 0.6) is 0 Å². The summed E-state index contributed by atoms with van der Waals surface area (Å²) in [5.74, 6) is 0.0380. The van der Waals surface area contributed by atoms with E-state index in [1.807, 2.05) is 20.8 Å². The van der Waals surface area contributed by atoms with Gasteiger partial charge in [0, 0.05) is 21.7 Å². The molecule has 1 aromatic rings. The smallest absolute Gasteiger partial charge is 0.243 e. The van der Waals surface area contributed by atoms with Crippen molar-refractivity contribution in [2.75, 3.05) is 6.54 Å². The van der Waals surface area contributed by atoms with Gasteiger partial charge in [0.2, 0.25) is 11.8 Å². The van der Waals surface area contributed by atoms with Crippen LogP contribution >= 0.6 is 11.3 Å². The minimum Gasteiger partial charge on any atom is -0.349 e. The molecule has 122 valence electrons. The Labute approximate surface area is 136 Å². The van der Waals surface area contributed by atoms with E-state index in [1.54, 1.807) is 16.2 Å². The Hall–Kier alpha value is -1.36. The second kappa shape index (κ2) is 6.82. The monoisotopic (exact) mass is 322 g/mol. The molecule has 1 unspecified atom stereocenters. The maximum atomic E-state index is 12.4. The summed E-state index contributed by atoms with van der Waals surface area (Å²) < 4.78 is 0. The number of likely N-dealkylation sites (tertiary alicyclic amines) is 1. The van der Waals surface area contributed by atoms with Gasteiger partial charge >= 0.3 is 0 Å². The number of hydrogen-bond acceptors (Lipinski definition) is 3. The largest absolute Gasteiger partial charge is 0.349 e. The number of hydrogen-bond donors (Lipinski definition) is 1. The molecule has 2 rings (SSSR count). The van der Waals surface area contributed by atoms with Crippen molar-refractivity contribution < 1.29 is 9.59 Å². The van der Waals surface area contributed by atoms with E-state index >= 15 is 0 Å². The van der Waals surface area contributed by atoms with Crippen molar-refractivity contribution in [2.45, 2.75) is 59.5 Å². The van der Waals surface area contributed by atoms with Crippen LogP contribution in [-0.2, 0) is 22.6 Å². The molecule has 0 radical (unpaired) electrons. The van der Waals surface area contributed by atoms with E-state index in [4.69, 9.17) is 0 Å². The zero-order chi connectivity index (χ0) is 16.3. The zero-order valence-electron chi connectivity index (χ0n) is 13.9. The number of nitrogens with one attached hydrogen (secondary N) is 1. The lowest BCUT2D eigenvalue weighted by molar-refractivity contribution is -0.144. The summed E-state index contributed by atoms with van der Waals surface area (Å²) in [5, 5.41) is 2.99. The van der Waals surface area contributed by atoms with Crippen LogP contribution in [-0.4, -0.2) is 29.3 Å². The first kappa shape index (κ1) is 17.0. The van der Waals surface area contributed by atoms with Crippen LogP contribution in [0.25, 0.3) is 0 Å². The number of aryl methyl sites for hydroxylation is 1. The third kappa shape index (κ3) is 3.88. The van der Waals surface area contributed by atoms with Gasteiger partial charge in [-0.3, -0.25) is 9.59 Å². The molecule has 1 aliphatic heterocycles. The quantitative estimate of drug-likeness (QED) is 0.926. The van der Waals surface area contributed by atoms with Gasteiger partial charge in [-0.05, 0) is 31.4 Å². The van der Waals surface area contributed by atoms with Gasteiger partial charge < -0.3 is 10.2 Å². The van der Waals surface area contributed by atoms with Gasteiger partial charge in [-0.15, -0.1) is 11.3 Å². The molecule has 1 aliphatic rings. The first-order valence-corrected chi connectivity index (χ1v) is 8.81. The molecule has 1 aromatic heterocycles. The van der Waals surface area contributed by atoms with Crippen LogP contribution in [0.2, 0.25) is 0 Å². The summed E-state index contributed by atoms with van der Waals surface area (Å²) in [6, 6.07) is 3.87. The molecule has 1 saturated heterocycles. The average molecular weight is 322 g/mol. The Morgan fingerprint density at radius 3 is 2.59 bits per heavy atom. The van der Waals surface area contributed by atoms with E-state index in [2.05, 4.69) is 24.4 Å². The normalized spacial score (nSPS) is 18.5. The lowest BCUT2D eigenvalue weighted by Crippen LogP contribution is -2.49. The first-order valence-electron chi connectivity index (χ1n) is 7.99. The molecular weight excluding hydrogens is 296 g/mol. The molecule has 1 atom stereocenters. The number of rotatable bonds is 4. The second-order valence-electron chi connectivity index (χ2n) is 6.85. The predicted molar refractivity (Wildman–Crippen MR) is 89.7 cm³/mol. The number of amides is 2. The number of thiophene rings is 1. The van der Waals surface area contributed by atoms with Gasteiger partial charge in [0.05, 0.1) is 6.54 Å². The number of carbonyl (C=O) groups excluding carboxylic acids is 2. The highest BCUT2D eigenvalue weighted by Gasteiger charge is 2.38. The summed E-state index contributed by atoms with van der Waals surface area (Å²) in [4.78, 5) is 29.1. The highest BCUT2D eigenvalue weighted by Crippen LogP contribution is 2.25. The number of carbonyl (C=O) groups is 2. The van der Waals surface area contributed by atoms with E-state index in [1.165, 1.54) is 4.88 Å². The topological polar surface area (TPSA) is 49.4 Å². The summed E-state index contributed by atoms with van der Waals surface area (Å²) in [7, 11) is 0. The lowest BCUT2D eigenvalue weighted by atomic mass is 9.94. The van der Waals surface area contributed by atoms with Crippen LogP contribution in [0.4, 0.5) is 0 Å². The van der Waals surface area contributed by atoms with Gasteiger partial charge in [0.1, 0.15) is 6.04 Å². The highest BCUT2D eigenvalue weighted by molar-refractivity contribution is 7.11. The number of nitrogens with zero attached hydrogens (tertiary/aromatic N) is 1. The summed E-state index contributed by atoms with van der Waals surface area (Å²) in [5.41, 5.74) is -0.438. The SMILES string of the molecule is CCc1ccc(CNC(=O)C2CCCN2C(=O)C(C)(C)C)s1. The molecule has 0 bridgehead atoms. The molecule has 0 spiro atoms. The molecule has 0 aliphatic carbocycles. The molecule has 5 heteroatoms. The van der Waals surface area contributed by atoms with E-state index < -0.39 is 5.41 Å². The second-order valence-corrected chi connectivity index (χ2v) is 8.10. The maximum Gasteiger partial charge on any atom is 0.243 e. The summed E-state index contributed by atoms with van der Waals surface area (Å²) in [6.07, 6.45) is 2.69. The molecular formula is C17H26N2O2S. The minimum absolute atomic E-state index is 0.0263. The van der Waals surface area contributed by atoms with Gasteiger partial charge in [-0.2, -0.15) is 0 Å². The van der Waals surface area contributed by atoms with Crippen molar-refractivity contribution in [3.05, 3.63) is 21.9 Å². The Kier molecular flexibility index (Phi) is 5.27. The van der Waals surface area contributed by atoms with Crippen LogP contribution in [0.1, 0.15) is 50.3 Å². The van der Waals surface area contributed by atoms with Crippen LogP contribution in [0.15, 0.2) is 12.1 Å². The minimum atomic E-state index is -0.438. The van der Waals surface area contributed by atoms with Gasteiger partial charge in [-0.25, -0.2) is 0 Å². The summed E-state index contributed by atoms with van der Waals surface area (Å²) >= 11 is 1.73. The fourth-order valence-electron chi connectivity index (χ4n) is 2.71. The molecule has 0 aromatic carbocycles. The molecule has 4 nitrogen and oxygen atoms in total. The Morgan fingerprint density at radius 1 is 1.32 bits per heavy atom. The first-order chi connectivity index (χ1) is 10.3. The molecule has 2 amide bonds. The Balaban J connectivity index is 1.95. The standard InChI is InChI=1S/C17H26N2O2S/c1-5-12-8-9-13(22-12)11-18-15(20)14-7-6-10-19(14)16(21)17(2,3)4/h8-9,14H,5-7,10-11H2,1-4H3,(H,18,20). The van der Waals surface area contributed by atoms with Crippen LogP contribution in [0.3, 0.4) is 0 Å². The highest BCUT2D eigenvalue weighted by atomic mass is 32.1. The molecule has 1 fully saturated rings. The molecule has 0 saturated carbocycles. The maximum absolute atomic E-state index is 12.4. The Bertz CT molecular complexity index is 545. The Morgan fingerprint density at radius 2 is 2.00 bits per heavy atom. The average Bonchev–Trinajstić information content (AvgIpc) is 3.11. The van der Waals surface area contributed by atoms with Gasteiger partial charge in [0.25, 0.3) is 0 Å². The zero-order valence-corrected chi connectivity index (χ0v) is 14.8. The third-order valence-electron chi connectivity index (χ3n) is 3.96. The third-order valence-corrected chi connectivity index (χ3v) is 5.19. The van der Waals surface area contributed by atoms with E-state index in [0.29, 0.717) is 13.1 Å². The van der Waals surface area contributed by atoms with Crippen LogP contribution < -0.4 is 5.32 Å². The van der Waals surface area contributed by atoms with Gasteiger partial charge in [0.15, 0.2) is 0 Å². The fraction of sp³-hybridized carbons (Fsp3) is 0.647. The molecule has 1 N–H and O–H groups in total. The summed E-state index contributed by atoms with van der Waals surface area (Å²) in [6.45, 7) is 9.08. The van der Waals surface area contributed by atoms with Crippen molar-refractivity contribution >= 4 is 23.2 Å². The van der Waals surface area contributed by atoms with Crippen molar-refractivity contribution in [1.29, 1.82) is 0 Å². The van der Waals surface area contributed by atoms with Crippen molar-refractivity contribution in [1.82, 2.24) is 10.2 Å². The van der Waals surface area contributed by atoms with E-state index in [9.17, 15) is 9.59 Å². The molecule has 2 heterocycles. The predicted octanol–water partition coefficient (Wildman–Crippen LogP) is 2.96. The van der Waals surface area contributed by atoms with Gasteiger partial charge in [-0.1, -0.05) is 27.7 Å². The van der Waals surface area contributed by atoms with E-state index in [-0.39, 0.29) is 17.9 Å². The van der Waals surface area contributed by atoms with Crippen LogP contribution in [0, 0.1) is 5.41 Å². The van der Waals surface area contributed by atoms with Crippen molar-refractivity contribution in [3.8, 4) is 0 Å².